The lowest BCUT2D eigenvalue weighted by atomic mass is 9.93. The van der Waals surface area contributed by atoms with Crippen LogP contribution in [0.15, 0.2) is 41.3 Å². The predicted molar refractivity (Wildman–Crippen MR) is 114 cm³/mol. The van der Waals surface area contributed by atoms with Crippen LogP contribution in [-0.2, 0) is 19.4 Å². The molecule has 0 aliphatic carbocycles. The monoisotopic (exact) mass is 396 g/mol. The summed E-state index contributed by atoms with van der Waals surface area (Å²) in [5.74, 6) is 0.893. The average Bonchev–Trinajstić information content (AvgIpc) is 3.20. The van der Waals surface area contributed by atoms with Crippen LogP contribution >= 0.6 is 11.8 Å². The van der Waals surface area contributed by atoms with Gasteiger partial charge in [-0.3, -0.25) is 9.69 Å². The largest absolute Gasteiger partial charge is 0.493 e. The van der Waals surface area contributed by atoms with Crippen molar-refractivity contribution < 1.29 is 9.53 Å². The standard InChI is InChI=1S/C23H28N2O2S/c1-3-9-25-15-17-7-5-4-6-16(17)11-18(25)14-24-23(26)21-12-19(28-2)13-22-20(21)8-10-27-22/h4-7,12-13,18H,3,8-11,14-15H2,1-2H3,(H,24,26)/t18-/m0/s1. The zero-order chi connectivity index (χ0) is 19.5. The molecule has 0 saturated heterocycles. The summed E-state index contributed by atoms with van der Waals surface area (Å²) in [6.45, 7) is 5.58. The van der Waals surface area contributed by atoms with E-state index in [4.69, 9.17) is 4.74 Å². The molecule has 5 heteroatoms. The molecule has 2 aliphatic heterocycles. The summed E-state index contributed by atoms with van der Waals surface area (Å²) in [6.07, 6.45) is 4.95. The molecule has 4 rings (SSSR count). The van der Waals surface area contributed by atoms with E-state index in [9.17, 15) is 4.79 Å². The van der Waals surface area contributed by atoms with Gasteiger partial charge in [0.15, 0.2) is 0 Å². The zero-order valence-corrected chi connectivity index (χ0v) is 17.5. The molecule has 0 radical (unpaired) electrons. The van der Waals surface area contributed by atoms with E-state index < -0.39 is 0 Å². The van der Waals surface area contributed by atoms with Gasteiger partial charge in [0.1, 0.15) is 5.75 Å². The number of thioether (sulfide) groups is 1. The second-order valence-electron chi connectivity index (χ2n) is 7.56. The fourth-order valence-electron chi connectivity index (χ4n) is 4.29. The maximum absolute atomic E-state index is 13.0. The van der Waals surface area contributed by atoms with E-state index in [1.165, 1.54) is 11.1 Å². The number of hydrogen-bond donors (Lipinski definition) is 1. The van der Waals surface area contributed by atoms with Gasteiger partial charge in [0.2, 0.25) is 0 Å². The highest BCUT2D eigenvalue weighted by molar-refractivity contribution is 7.98. The summed E-state index contributed by atoms with van der Waals surface area (Å²) >= 11 is 1.64. The number of amides is 1. The first-order valence-corrected chi connectivity index (χ1v) is 11.3. The summed E-state index contributed by atoms with van der Waals surface area (Å²) in [7, 11) is 0. The lowest BCUT2D eigenvalue weighted by Gasteiger charge is -2.37. The van der Waals surface area contributed by atoms with Crippen LogP contribution < -0.4 is 10.1 Å². The van der Waals surface area contributed by atoms with Gasteiger partial charge in [-0.2, -0.15) is 0 Å². The Morgan fingerprint density at radius 2 is 2.11 bits per heavy atom. The average molecular weight is 397 g/mol. The molecule has 0 aromatic heterocycles. The number of nitrogens with zero attached hydrogens (tertiary/aromatic N) is 1. The van der Waals surface area contributed by atoms with Crippen molar-refractivity contribution in [3.63, 3.8) is 0 Å². The minimum Gasteiger partial charge on any atom is -0.493 e. The molecule has 1 atom stereocenters. The third-order valence-corrected chi connectivity index (χ3v) is 6.45. The van der Waals surface area contributed by atoms with Gasteiger partial charge in [0, 0.05) is 41.6 Å². The highest BCUT2D eigenvalue weighted by atomic mass is 32.2. The number of rotatable bonds is 6. The number of carbonyl (C=O) groups excluding carboxylic acids is 1. The Morgan fingerprint density at radius 1 is 1.29 bits per heavy atom. The Balaban J connectivity index is 1.49. The quantitative estimate of drug-likeness (QED) is 0.752. The summed E-state index contributed by atoms with van der Waals surface area (Å²) < 4.78 is 5.71. The maximum atomic E-state index is 13.0. The van der Waals surface area contributed by atoms with Gasteiger partial charge < -0.3 is 10.1 Å². The Kier molecular flexibility index (Phi) is 5.93. The molecule has 2 heterocycles. The van der Waals surface area contributed by atoms with Gasteiger partial charge in [-0.15, -0.1) is 11.8 Å². The minimum atomic E-state index is 0.0213. The van der Waals surface area contributed by atoms with E-state index in [1.807, 2.05) is 18.4 Å². The molecule has 4 nitrogen and oxygen atoms in total. The summed E-state index contributed by atoms with van der Waals surface area (Å²) in [4.78, 5) is 16.6. The molecule has 1 N–H and O–H groups in total. The van der Waals surface area contributed by atoms with Crippen molar-refractivity contribution in [2.75, 3.05) is 26.0 Å². The molecule has 0 spiro atoms. The smallest absolute Gasteiger partial charge is 0.251 e. The molecular formula is C23H28N2O2S. The van der Waals surface area contributed by atoms with Crippen molar-refractivity contribution in [1.82, 2.24) is 10.2 Å². The van der Waals surface area contributed by atoms with Crippen molar-refractivity contribution in [2.24, 2.45) is 0 Å². The highest BCUT2D eigenvalue weighted by Crippen LogP contribution is 2.33. The number of benzene rings is 2. The Morgan fingerprint density at radius 3 is 2.89 bits per heavy atom. The second-order valence-corrected chi connectivity index (χ2v) is 8.44. The lowest BCUT2D eigenvalue weighted by Crippen LogP contribution is -2.47. The second kappa shape index (κ2) is 8.58. The third kappa shape index (κ3) is 3.91. The number of carbonyl (C=O) groups is 1. The molecule has 148 valence electrons. The molecular weight excluding hydrogens is 368 g/mol. The molecule has 0 fully saturated rings. The van der Waals surface area contributed by atoms with Crippen LogP contribution in [0.3, 0.4) is 0 Å². The van der Waals surface area contributed by atoms with Gasteiger partial charge in [-0.1, -0.05) is 31.2 Å². The molecule has 0 bridgehead atoms. The molecule has 0 saturated carbocycles. The van der Waals surface area contributed by atoms with Crippen LogP contribution in [0, 0.1) is 0 Å². The van der Waals surface area contributed by atoms with Crippen molar-refractivity contribution in [2.45, 2.75) is 43.7 Å². The molecule has 2 aromatic rings. The predicted octanol–water partition coefficient (Wildman–Crippen LogP) is 3.91. The first-order chi connectivity index (χ1) is 13.7. The van der Waals surface area contributed by atoms with Gasteiger partial charge in [-0.05, 0) is 48.9 Å². The first-order valence-electron chi connectivity index (χ1n) is 10.1. The first kappa shape index (κ1) is 19.3. The Bertz CT molecular complexity index is 868. The van der Waals surface area contributed by atoms with E-state index in [0.717, 1.165) is 54.1 Å². The van der Waals surface area contributed by atoms with E-state index in [-0.39, 0.29) is 5.91 Å². The van der Waals surface area contributed by atoms with Crippen LogP contribution in [0.1, 0.15) is 40.4 Å². The summed E-state index contributed by atoms with van der Waals surface area (Å²) in [6, 6.07) is 13.1. The van der Waals surface area contributed by atoms with Crippen LogP contribution in [0.4, 0.5) is 0 Å². The molecule has 1 amide bonds. The van der Waals surface area contributed by atoms with E-state index >= 15 is 0 Å². The zero-order valence-electron chi connectivity index (χ0n) is 16.7. The molecule has 2 aromatic carbocycles. The lowest BCUT2D eigenvalue weighted by molar-refractivity contribution is 0.0924. The van der Waals surface area contributed by atoms with Crippen LogP contribution in [-0.4, -0.2) is 42.8 Å². The Hall–Kier alpha value is -1.98. The number of ether oxygens (including phenoxy) is 1. The minimum absolute atomic E-state index is 0.0213. The van der Waals surface area contributed by atoms with E-state index in [0.29, 0.717) is 19.2 Å². The van der Waals surface area contributed by atoms with Gasteiger partial charge >= 0.3 is 0 Å². The number of hydrogen-bond acceptors (Lipinski definition) is 4. The van der Waals surface area contributed by atoms with Crippen molar-refractivity contribution in [1.29, 1.82) is 0 Å². The Labute approximate surface area is 171 Å². The van der Waals surface area contributed by atoms with E-state index in [2.05, 4.69) is 41.4 Å². The summed E-state index contributed by atoms with van der Waals surface area (Å²) in [5, 5.41) is 3.22. The van der Waals surface area contributed by atoms with E-state index in [1.54, 1.807) is 11.8 Å². The van der Waals surface area contributed by atoms with Crippen molar-refractivity contribution in [3.8, 4) is 5.75 Å². The van der Waals surface area contributed by atoms with Gasteiger partial charge in [-0.25, -0.2) is 0 Å². The summed E-state index contributed by atoms with van der Waals surface area (Å²) in [5.41, 5.74) is 4.65. The molecule has 28 heavy (non-hydrogen) atoms. The fraction of sp³-hybridized carbons (Fsp3) is 0.435. The van der Waals surface area contributed by atoms with Crippen LogP contribution in [0.5, 0.6) is 5.75 Å². The normalized spacial score (nSPS) is 18.3. The SMILES string of the molecule is CCCN1Cc2ccccc2C[C@H]1CNC(=O)c1cc(SC)cc2c1CCO2. The topological polar surface area (TPSA) is 41.6 Å². The maximum Gasteiger partial charge on any atom is 0.251 e. The van der Waals surface area contributed by atoms with Crippen molar-refractivity contribution in [3.05, 3.63) is 58.7 Å². The van der Waals surface area contributed by atoms with Crippen LogP contribution in [0.2, 0.25) is 0 Å². The third-order valence-electron chi connectivity index (χ3n) is 5.75. The van der Waals surface area contributed by atoms with Crippen molar-refractivity contribution >= 4 is 17.7 Å². The molecule has 0 unspecified atom stereocenters. The van der Waals surface area contributed by atoms with Gasteiger partial charge in [0.05, 0.1) is 6.61 Å². The molecule has 2 aliphatic rings. The number of fused-ring (bicyclic) bond motifs is 2. The van der Waals surface area contributed by atoms with Gasteiger partial charge in [0.25, 0.3) is 5.91 Å². The van der Waals surface area contributed by atoms with Crippen LogP contribution in [0.25, 0.3) is 0 Å². The highest BCUT2D eigenvalue weighted by Gasteiger charge is 2.27. The fourth-order valence-corrected chi connectivity index (χ4v) is 4.75. The number of nitrogens with one attached hydrogen (secondary N) is 1.